The minimum absolute atomic E-state index is 0.0220. The van der Waals surface area contributed by atoms with Crippen molar-refractivity contribution in [3.05, 3.63) is 83.7 Å². The monoisotopic (exact) mass is 376 g/mol. The molecule has 0 aliphatic rings. The van der Waals surface area contributed by atoms with E-state index >= 15 is 0 Å². The van der Waals surface area contributed by atoms with Gasteiger partial charge in [0.25, 0.3) is 11.8 Å². The lowest BCUT2D eigenvalue weighted by Gasteiger charge is -2.18. The quantitative estimate of drug-likeness (QED) is 0.688. The molecule has 3 aromatic rings. The highest BCUT2D eigenvalue weighted by atomic mass is 16.2. The van der Waals surface area contributed by atoms with Crippen LogP contribution in [-0.2, 0) is 6.54 Å². The van der Waals surface area contributed by atoms with Crippen molar-refractivity contribution >= 4 is 11.8 Å². The van der Waals surface area contributed by atoms with Gasteiger partial charge < -0.3 is 10.2 Å². The Kier molecular flexibility index (Phi) is 6.22. The predicted molar refractivity (Wildman–Crippen MR) is 108 cm³/mol. The zero-order chi connectivity index (χ0) is 19.9. The largest absolute Gasteiger partial charge is 0.348 e. The zero-order valence-corrected chi connectivity index (χ0v) is 16.1. The number of hydrogen-bond donors (Lipinski definition) is 1. The molecule has 0 fully saturated rings. The molecule has 1 N–H and O–H groups in total. The van der Waals surface area contributed by atoms with Crippen molar-refractivity contribution in [2.75, 3.05) is 13.1 Å². The van der Waals surface area contributed by atoms with Gasteiger partial charge in [-0.15, -0.1) is 0 Å². The number of para-hydroxylation sites is 1. The van der Waals surface area contributed by atoms with Gasteiger partial charge in [-0.1, -0.05) is 24.3 Å². The first-order valence-electron chi connectivity index (χ1n) is 9.39. The van der Waals surface area contributed by atoms with Gasteiger partial charge in [-0.05, 0) is 49.7 Å². The van der Waals surface area contributed by atoms with Gasteiger partial charge >= 0.3 is 0 Å². The van der Waals surface area contributed by atoms with Crippen molar-refractivity contribution in [1.82, 2.24) is 20.0 Å². The molecule has 0 spiro atoms. The summed E-state index contributed by atoms with van der Waals surface area (Å²) in [6.45, 7) is 5.68. The normalized spacial score (nSPS) is 10.5. The summed E-state index contributed by atoms with van der Waals surface area (Å²) in [5.74, 6) is -0.150. The molecule has 0 bridgehead atoms. The molecule has 3 rings (SSSR count). The highest BCUT2D eigenvalue weighted by Crippen LogP contribution is 2.14. The summed E-state index contributed by atoms with van der Waals surface area (Å²) in [4.78, 5) is 26.8. The highest BCUT2D eigenvalue weighted by Gasteiger charge is 2.14. The van der Waals surface area contributed by atoms with Crippen LogP contribution in [0.4, 0.5) is 0 Å². The fourth-order valence-electron chi connectivity index (χ4n) is 3.01. The number of rotatable bonds is 7. The van der Waals surface area contributed by atoms with Crippen molar-refractivity contribution in [3.8, 4) is 5.69 Å². The van der Waals surface area contributed by atoms with Crippen LogP contribution in [0.5, 0.6) is 0 Å². The van der Waals surface area contributed by atoms with Crippen LogP contribution in [0.15, 0.2) is 67.0 Å². The standard InChI is InChI=1S/C22H24N4O2/c1-3-25(4-2)22(28)18-12-10-17(11-13-18)16-23-21(27)19-8-5-6-9-20(19)26-15-7-14-24-26/h5-15H,3-4,16H2,1-2H3,(H,23,27). The molecule has 2 aromatic carbocycles. The molecule has 28 heavy (non-hydrogen) atoms. The Labute approximate surface area is 164 Å². The number of benzene rings is 2. The predicted octanol–water partition coefficient (Wildman–Crippen LogP) is 3.28. The number of aromatic nitrogens is 2. The zero-order valence-electron chi connectivity index (χ0n) is 16.1. The topological polar surface area (TPSA) is 67.2 Å². The molecule has 2 amide bonds. The summed E-state index contributed by atoms with van der Waals surface area (Å²) >= 11 is 0. The highest BCUT2D eigenvalue weighted by molar-refractivity contribution is 5.97. The summed E-state index contributed by atoms with van der Waals surface area (Å²) in [5, 5.41) is 7.14. The fraction of sp³-hybridized carbons (Fsp3) is 0.227. The number of carbonyl (C=O) groups is 2. The van der Waals surface area contributed by atoms with Crippen molar-refractivity contribution in [2.24, 2.45) is 0 Å². The van der Waals surface area contributed by atoms with Gasteiger partial charge in [0.2, 0.25) is 0 Å². The van der Waals surface area contributed by atoms with E-state index in [0.29, 0.717) is 30.8 Å². The van der Waals surface area contributed by atoms with E-state index in [1.165, 1.54) is 0 Å². The van der Waals surface area contributed by atoms with Crippen LogP contribution in [0.2, 0.25) is 0 Å². The smallest absolute Gasteiger partial charge is 0.253 e. The maximum Gasteiger partial charge on any atom is 0.253 e. The van der Waals surface area contributed by atoms with E-state index in [0.717, 1.165) is 11.3 Å². The minimum Gasteiger partial charge on any atom is -0.348 e. The lowest BCUT2D eigenvalue weighted by molar-refractivity contribution is 0.0772. The second-order valence-corrected chi connectivity index (χ2v) is 6.32. The van der Waals surface area contributed by atoms with Crippen LogP contribution in [0.1, 0.15) is 40.1 Å². The Hall–Kier alpha value is -3.41. The number of hydrogen-bond acceptors (Lipinski definition) is 3. The van der Waals surface area contributed by atoms with E-state index in [2.05, 4.69) is 10.4 Å². The number of carbonyl (C=O) groups excluding carboxylic acids is 2. The molecule has 0 saturated heterocycles. The number of amides is 2. The van der Waals surface area contributed by atoms with Crippen LogP contribution in [0, 0.1) is 0 Å². The van der Waals surface area contributed by atoms with Gasteiger partial charge in [0.1, 0.15) is 0 Å². The van der Waals surface area contributed by atoms with Crippen LogP contribution >= 0.6 is 0 Å². The molecule has 0 aliphatic heterocycles. The maximum atomic E-state index is 12.7. The van der Waals surface area contributed by atoms with Crippen LogP contribution in [0.3, 0.4) is 0 Å². The number of nitrogens with zero attached hydrogens (tertiary/aromatic N) is 3. The van der Waals surface area contributed by atoms with E-state index in [4.69, 9.17) is 0 Å². The Morgan fingerprint density at radius 3 is 2.36 bits per heavy atom. The van der Waals surface area contributed by atoms with E-state index in [1.54, 1.807) is 40.2 Å². The minimum atomic E-state index is -0.172. The third-order valence-corrected chi connectivity index (χ3v) is 4.60. The van der Waals surface area contributed by atoms with Crippen LogP contribution in [-0.4, -0.2) is 39.6 Å². The van der Waals surface area contributed by atoms with E-state index in [-0.39, 0.29) is 11.8 Å². The summed E-state index contributed by atoms with van der Waals surface area (Å²) in [5.41, 5.74) is 2.87. The molecule has 0 unspecified atom stereocenters. The molecular weight excluding hydrogens is 352 g/mol. The summed E-state index contributed by atoms with van der Waals surface area (Å²) in [7, 11) is 0. The summed E-state index contributed by atoms with van der Waals surface area (Å²) < 4.78 is 1.67. The Bertz CT molecular complexity index is 929. The molecule has 144 valence electrons. The average molecular weight is 376 g/mol. The number of nitrogens with one attached hydrogen (secondary N) is 1. The Balaban J connectivity index is 1.67. The van der Waals surface area contributed by atoms with Crippen LogP contribution < -0.4 is 5.32 Å². The van der Waals surface area contributed by atoms with Crippen LogP contribution in [0.25, 0.3) is 5.69 Å². The van der Waals surface area contributed by atoms with E-state index in [1.807, 2.05) is 50.2 Å². The van der Waals surface area contributed by atoms with Gasteiger partial charge in [-0.25, -0.2) is 4.68 Å². The molecule has 1 heterocycles. The van der Waals surface area contributed by atoms with Crippen molar-refractivity contribution in [2.45, 2.75) is 20.4 Å². The molecule has 0 radical (unpaired) electrons. The lowest BCUT2D eigenvalue weighted by atomic mass is 10.1. The van der Waals surface area contributed by atoms with Crippen molar-refractivity contribution in [1.29, 1.82) is 0 Å². The van der Waals surface area contributed by atoms with Gasteiger partial charge in [-0.2, -0.15) is 5.10 Å². The van der Waals surface area contributed by atoms with E-state index < -0.39 is 0 Å². The van der Waals surface area contributed by atoms with E-state index in [9.17, 15) is 9.59 Å². The second kappa shape index (κ2) is 8.99. The molecule has 0 atom stereocenters. The maximum absolute atomic E-state index is 12.7. The van der Waals surface area contributed by atoms with Crippen molar-refractivity contribution < 1.29 is 9.59 Å². The van der Waals surface area contributed by atoms with Gasteiger partial charge in [0.15, 0.2) is 0 Å². The Morgan fingerprint density at radius 1 is 1.00 bits per heavy atom. The molecular formula is C22H24N4O2. The van der Waals surface area contributed by atoms with Crippen molar-refractivity contribution in [3.63, 3.8) is 0 Å². The first-order valence-corrected chi connectivity index (χ1v) is 9.39. The van der Waals surface area contributed by atoms with Gasteiger partial charge in [0, 0.05) is 37.6 Å². The summed E-state index contributed by atoms with van der Waals surface area (Å²) in [6.07, 6.45) is 3.48. The average Bonchev–Trinajstić information content (AvgIpc) is 3.28. The summed E-state index contributed by atoms with van der Waals surface area (Å²) in [6, 6.07) is 16.5. The molecule has 1 aromatic heterocycles. The third kappa shape index (κ3) is 4.28. The second-order valence-electron chi connectivity index (χ2n) is 6.32. The SMILES string of the molecule is CCN(CC)C(=O)c1ccc(CNC(=O)c2ccccc2-n2cccn2)cc1. The molecule has 0 aliphatic carbocycles. The fourth-order valence-corrected chi connectivity index (χ4v) is 3.01. The molecule has 6 heteroatoms. The molecule has 0 saturated carbocycles. The Morgan fingerprint density at radius 2 is 1.71 bits per heavy atom. The third-order valence-electron chi connectivity index (χ3n) is 4.60. The molecule has 6 nitrogen and oxygen atoms in total. The lowest BCUT2D eigenvalue weighted by Crippen LogP contribution is -2.30. The first kappa shape index (κ1) is 19.4. The van der Waals surface area contributed by atoms with Gasteiger partial charge in [0.05, 0.1) is 11.3 Å². The first-order chi connectivity index (χ1) is 13.6. The van der Waals surface area contributed by atoms with Gasteiger partial charge in [-0.3, -0.25) is 9.59 Å².